The molecule has 1 spiro atoms. The smallest absolute Gasteiger partial charge is 0.303 e. The normalized spacial score (nSPS) is 35.1. The Labute approximate surface area is 245 Å². The van der Waals surface area contributed by atoms with Crippen LogP contribution in [0.15, 0.2) is 36.0 Å². The topological polar surface area (TPSA) is 136 Å². The Hall–Kier alpha value is -2.05. The molecule has 3 saturated heterocycles. The zero-order chi connectivity index (χ0) is 29.4. The number of hydrogen-bond acceptors (Lipinski definition) is 8. The van der Waals surface area contributed by atoms with Gasteiger partial charge in [0.15, 0.2) is 0 Å². The summed E-state index contributed by atoms with van der Waals surface area (Å²) in [6.07, 6.45) is 8.70. The van der Waals surface area contributed by atoms with Crippen molar-refractivity contribution < 1.29 is 38.4 Å². The molecular formula is C29H43BrN2O8. The molecule has 3 fully saturated rings. The lowest BCUT2D eigenvalue weighted by Gasteiger charge is -2.39. The highest BCUT2D eigenvalue weighted by Crippen LogP contribution is 2.42. The summed E-state index contributed by atoms with van der Waals surface area (Å²) in [5, 5.41) is 16.8. The quantitative estimate of drug-likeness (QED) is 0.105. The molecule has 0 saturated carbocycles. The summed E-state index contributed by atoms with van der Waals surface area (Å²) in [7, 11) is 0. The molecule has 11 heteroatoms. The molecule has 0 aromatic carbocycles. The number of aliphatic hydroxyl groups is 1. The first kappa shape index (κ1) is 32.5. The van der Waals surface area contributed by atoms with Crippen molar-refractivity contribution in [2.45, 2.75) is 102 Å². The van der Waals surface area contributed by atoms with Gasteiger partial charge in [-0.2, -0.15) is 0 Å². The molecule has 0 aliphatic carbocycles. The lowest BCUT2D eigenvalue weighted by atomic mass is 9.87. The van der Waals surface area contributed by atoms with Gasteiger partial charge in [0.2, 0.25) is 11.8 Å². The summed E-state index contributed by atoms with van der Waals surface area (Å²) in [4.78, 5) is 35.0. The van der Waals surface area contributed by atoms with E-state index in [0.29, 0.717) is 26.0 Å². The maximum atomic E-state index is 12.4. The summed E-state index contributed by atoms with van der Waals surface area (Å²) in [5.74, 6) is -0.529. The van der Waals surface area contributed by atoms with Gasteiger partial charge in [-0.1, -0.05) is 46.7 Å². The van der Waals surface area contributed by atoms with Crippen LogP contribution in [0.2, 0.25) is 0 Å². The standard InChI is InChI=1S/C29H43BrN2O8/c1-17(7-10-25-28(36)29(16-37-29)13-22(40-25)15-31-27(35)14-30)6-9-24-18(2)12-23(20(4)39-24)32-26(34)11-8-19(3)38-21(5)33/h6-8,10-11,18-20,22-25,28,36H,9,12-16H2,1-5H3,(H,31,35)(H,32,34). The maximum absolute atomic E-state index is 12.4. The average Bonchev–Trinajstić information content (AvgIpc) is 3.67. The number of alkyl halides is 1. The third kappa shape index (κ3) is 9.51. The van der Waals surface area contributed by atoms with Crippen LogP contribution < -0.4 is 10.6 Å². The van der Waals surface area contributed by atoms with E-state index in [1.54, 1.807) is 13.0 Å². The van der Waals surface area contributed by atoms with Crippen molar-refractivity contribution in [3.63, 3.8) is 0 Å². The lowest BCUT2D eigenvalue weighted by molar-refractivity contribution is -0.143. The highest BCUT2D eigenvalue weighted by molar-refractivity contribution is 9.09. The van der Waals surface area contributed by atoms with Crippen molar-refractivity contribution in [2.24, 2.45) is 5.92 Å². The number of ether oxygens (including phenoxy) is 4. The molecule has 10 nitrogen and oxygen atoms in total. The molecule has 3 rings (SSSR count). The fourth-order valence-corrected chi connectivity index (χ4v) is 5.36. The highest BCUT2D eigenvalue weighted by Gasteiger charge is 2.58. The molecule has 224 valence electrons. The number of allylic oxidation sites excluding steroid dienone is 2. The molecule has 3 N–H and O–H groups in total. The number of hydrogen-bond donors (Lipinski definition) is 3. The first-order valence-electron chi connectivity index (χ1n) is 13.9. The molecule has 9 atom stereocenters. The van der Waals surface area contributed by atoms with E-state index < -0.39 is 29.9 Å². The van der Waals surface area contributed by atoms with Gasteiger partial charge in [-0.3, -0.25) is 14.4 Å². The Morgan fingerprint density at radius 1 is 1.20 bits per heavy atom. The third-order valence-corrected chi connectivity index (χ3v) is 8.08. The summed E-state index contributed by atoms with van der Waals surface area (Å²) >= 11 is 3.14. The Morgan fingerprint density at radius 2 is 1.93 bits per heavy atom. The second-order valence-electron chi connectivity index (χ2n) is 11.1. The van der Waals surface area contributed by atoms with Crippen LogP contribution in [-0.4, -0.2) is 89.6 Å². The van der Waals surface area contributed by atoms with Gasteiger partial charge in [-0.25, -0.2) is 0 Å². The summed E-state index contributed by atoms with van der Waals surface area (Å²) in [6.45, 7) is 9.94. The Morgan fingerprint density at radius 3 is 2.58 bits per heavy atom. The van der Waals surface area contributed by atoms with Gasteiger partial charge in [0.25, 0.3) is 0 Å². The first-order chi connectivity index (χ1) is 18.9. The van der Waals surface area contributed by atoms with E-state index in [0.717, 1.165) is 12.0 Å². The van der Waals surface area contributed by atoms with Crippen molar-refractivity contribution in [2.75, 3.05) is 18.5 Å². The van der Waals surface area contributed by atoms with E-state index in [1.807, 2.05) is 26.0 Å². The van der Waals surface area contributed by atoms with E-state index in [9.17, 15) is 19.5 Å². The van der Waals surface area contributed by atoms with Crippen LogP contribution in [0, 0.1) is 5.92 Å². The minimum absolute atomic E-state index is 0.00751. The summed E-state index contributed by atoms with van der Waals surface area (Å²) < 4.78 is 22.9. The lowest BCUT2D eigenvalue weighted by Crippen LogP contribution is -2.52. The van der Waals surface area contributed by atoms with Crippen LogP contribution in [0.4, 0.5) is 0 Å². The van der Waals surface area contributed by atoms with E-state index in [1.165, 1.54) is 13.0 Å². The second kappa shape index (κ2) is 14.7. The first-order valence-corrected chi connectivity index (χ1v) is 15.0. The number of nitrogens with one attached hydrogen (secondary N) is 2. The van der Waals surface area contributed by atoms with Gasteiger partial charge in [-0.15, -0.1) is 0 Å². The average molecular weight is 628 g/mol. The molecular weight excluding hydrogens is 584 g/mol. The Balaban J connectivity index is 1.49. The van der Waals surface area contributed by atoms with Gasteiger partial charge in [0.05, 0.1) is 36.3 Å². The monoisotopic (exact) mass is 626 g/mol. The Kier molecular flexibility index (Phi) is 12.0. The van der Waals surface area contributed by atoms with Crippen molar-refractivity contribution in [1.82, 2.24) is 10.6 Å². The highest BCUT2D eigenvalue weighted by atomic mass is 79.9. The van der Waals surface area contributed by atoms with E-state index in [2.05, 4.69) is 39.6 Å². The minimum atomic E-state index is -0.769. The Bertz CT molecular complexity index is 995. The molecule has 3 aliphatic rings. The molecule has 40 heavy (non-hydrogen) atoms. The second-order valence-corrected chi connectivity index (χ2v) is 11.6. The van der Waals surface area contributed by atoms with E-state index in [-0.39, 0.29) is 47.4 Å². The zero-order valence-corrected chi connectivity index (χ0v) is 25.5. The fraction of sp³-hybridized carbons (Fsp3) is 0.690. The predicted octanol–water partition coefficient (Wildman–Crippen LogP) is 2.48. The van der Waals surface area contributed by atoms with Crippen molar-refractivity contribution >= 4 is 33.7 Å². The number of aliphatic hydroxyl groups excluding tert-OH is 1. The molecule has 3 heterocycles. The maximum Gasteiger partial charge on any atom is 0.303 e. The number of halogens is 1. The predicted molar refractivity (Wildman–Crippen MR) is 153 cm³/mol. The fourth-order valence-electron chi connectivity index (χ4n) is 5.16. The number of epoxide rings is 1. The molecule has 0 radical (unpaired) electrons. The van der Waals surface area contributed by atoms with Crippen LogP contribution in [0.3, 0.4) is 0 Å². The van der Waals surface area contributed by atoms with Crippen molar-refractivity contribution in [1.29, 1.82) is 0 Å². The third-order valence-electron chi connectivity index (χ3n) is 7.57. The van der Waals surface area contributed by atoms with Crippen LogP contribution in [0.5, 0.6) is 0 Å². The van der Waals surface area contributed by atoms with Gasteiger partial charge in [0.1, 0.15) is 23.9 Å². The molecule has 0 aromatic heterocycles. The number of amides is 2. The zero-order valence-electron chi connectivity index (χ0n) is 23.9. The van der Waals surface area contributed by atoms with Crippen LogP contribution >= 0.6 is 15.9 Å². The van der Waals surface area contributed by atoms with Crippen LogP contribution in [0.25, 0.3) is 0 Å². The summed E-state index contributed by atoms with van der Waals surface area (Å²) in [6, 6.07) is -0.119. The van der Waals surface area contributed by atoms with E-state index >= 15 is 0 Å². The number of esters is 1. The summed E-state index contributed by atoms with van der Waals surface area (Å²) in [5.41, 5.74) is 0.417. The number of carbonyl (C=O) groups excluding carboxylic acids is 3. The molecule has 9 unspecified atom stereocenters. The van der Waals surface area contributed by atoms with Crippen LogP contribution in [-0.2, 0) is 33.3 Å². The molecule has 2 amide bonds. The van der Waals surface area contributed by atoms with E-state index in [4.69, 9.17) is 18.9 Å². The molecule has 0 aromatic rings. The van der Waals surface area contributed by atoms with Gasteiger partial charge >= 0.3 is 5.97 Å². The van der Waals surface area contributed by atoms with Gasteiger partial charge < -0.3 is 34.7 Å². The van der Waals surface area contributed by atoms with Gasteiger partial charge in [-0.05, 0) is 45.6 Å². The van der Waals surface area contributed by atoms with Gasteiger partial charge in [0, 0.05) is 26.0 Å². The SMILES string of the molecule is CC(=O)OC(C)C=CC(=O)NC1CC(C)C(CC=C(C)C=CC2OC(CNC(=O)CBr)CC3(CO3)C2O)OC1C. The minimum Gasteiger partial charge on any atom is -0.459 e. The largest absolute Gasteiger partial charge is 0.459 e. The van der Waals surface area contributed by atoms with Crippen LogP contribution in [0.1, 0.15) is 53.9 Å². The van der Waals surface area contributed by atoms with Crippen molar-refractivity contribution in [3.8, 4) is 0 Å². The molecule has 0 bridgehead atoms. The number of rotatable bonds is 11. The number of carbonyl (C=O) groups is 3. The van der Waals surface area contributed by atoms with Crippen molar-refractivity contribution in [3.05, 3.63) is 36.0 Å². The molecule has 3 aliphatic heterocycles.